The van der Waals surface area contributed by atoms with Crippen molar-refractivity contribution < 1.29 is 14.3 Å². The van der Waals surface area contributed by atoms with Crippen molar-refractivity contribution in [3.8, 4) is 11.5 Å². The molecule has 0 atom stereocenters. The van der Waals surface area contributed by atoms with E-state index in [4.69, 9.17) is 9.47 Å². The highest BCUT2D eigenvalue weighted by molar-refractivity contribution is 5.91. The maximum atomic E-state index is 12.0. The highest BCUT2D eigenvalue weighted by Crippen LogP contribution is 2.34. The summed E-state index contributed by atoms with van der Waals surface area (Å²) in [5.41, 5.74) is 2.93. The molecule has 0 saturated carbocycles. The largest absolute Gasteiger partial charge is 0.454 e. The van der Waals surface area contributed by atoms with Gasteiger partial charge in [0.1, 0.15) is 0 Å². The van der Waals surface area contributed by atoms with Crippen molar-refractivity contribution >= 4 is 17.3 Å². The number of amides is 1. The molecule has 0 fully saturated rings. The van der Waals surface area contributed by atoms with E-state index in [9.17, 15) is 4.79 Å². The lowest BCUT2D eigenvalue weighted by Gasteiger charge is -2.10. The van der Waals surface area contributed by atoms with E-state index in [2.05, 4.69) is 10.6 Å². The van der Waals surface area contributed by atoms with Crippen LogP contribution in [0.4, 0.5) is 11.4 Å². The van der Waals surface area contributed by atoms with E-state index < -0.39 is 0 Å². The second kappa shape index (κ2) is 6.39. The summed E-state index contributed by atoms with van der Waals surface area (Å²) in [7, 11) is 0. The molecule has 1 aliphatic heterocycles. The molecule has 1 amide bonds. The molecule has 5 nitrogen and oxygen atoms in total. The number of aryl methyl sites for hydroxylation is 1. The fourth-order valence-corrected chi connectivity index (χ4v) is 2.28. The molecular formula is C17H18N2O3. The van der Waals surface area contributed by atoms with Crippen molar-refractivity contribution in [3.63, 3.8) is 0 Å². The van der Waals surface area contributed by atoms with E-state index in [1.54, 1.807) is 18.2 Å². The molecule has 0 spiro atoms. The SMILES string of the molecule is Cc1ccccc1NCCC(=O)Nc1ccc2c(c1)OCO2. The Morgan fingerprint density at radius 2 is 1.95 bits per heavy atom. The Balaban J connectivity index is 1.49. The number of para-hydroxylation sites is 1. The standard InChI is InChI=1S/C17H18N2O3/c1-12-4-2-3-5-14(12)18-9-8-17(20)19-13-6-7-15-16(10-13)22-11-21-15/h2-7,10,18H,8-9,11H2,1H3,(H,19,20). The quantitative estimate of drug-likeness (QED) is 0.890. The molecule has 1 heterocycles. The van der Waals surface area contributed by atoms with E-state index in [0.717, 1.165) is 5.69 Å². The Hall–Kier alpha value is -2.69. The number of nitrogens with one attached hydrogen (secondary N) is 2. The van der Waals surface area contributed by atoms with Gasteiger partial charge in [0.05, 0.1) is 0 Å². The zero-order valence-corrected chi connectivity index (χ0v) is 12.4. The van der Waals surface area contributed by atoms with E-state index in [0.29, 0.717) is 30.2 Å². The summed E-state index contributed by atoms with van der Waals surface area (Å²) in [5, 5.41) is 6.12. The molecule has 0 radical (unpaired) electrons. The first-order valence-corrected chi connectivity index (χ1v) is 7.21. The van der Waals surface area contributed by atoms with E-state index in [1.165, 1.54) is 5.56 Å². The Morgan fingerprint density at radius 3 is 2.82 bits per heavy atom. The second-order valence-electron chi connectivity index (χ2n) is 5.11. The van der Waals surface area contributed by atoms with Crippen LogP contribution >= 0.6 is 0 Å². The number of benzene rings is 2. The first kappa shape index (κ1) is 14.3. The Bertz CT molecular complexity index is 685. The van der Waals surface area contributed by atoms with Crippen LogP contribution in [0, 0.1) is 6.92 Å². The first-order chi connectivity index (χ1) is 10.7. The van der Waals surface area contributed by atoms with Crippen LogP contribution in [0.1, 0.15) is 12.0 Å². The van der Waals surface area contributed by atoms with Crippen LogP contribution in [0.5, 0.6) is 11.5 Å². The van der Waals surface area contributed by atoms with Crippen molar-refractivity contribution in [3.05, 3.63) is 48.0 Å². The molecule has 0 saturated heterocycles. The summed E-state index contributed by atoms with van der Waals surface area (Å²) in [4.78, 5) is 12.0. The molecule has 0 bridgehead atoms. The number of hydrogen-bond acceptors (Lipinski definition) is 4. The summed E-state index contributed by atoms with van der Waals surface area (Å²) >= 11 is 0. The summed E-state index contributed by atoms with van der Waals surface area (Å²) in [5.74, 6) is 1.33. The minimum Gasteiger partial charge on any atom is -0.454 e. The highest BCUT2D eigenvalue weighted by Gasteiger charge is 2.14. The zero-order valence-electron chi connectivity index (χ0n) is 12.4. The Morgan fingerprint density at radius 1 is 1.14 bits per heavy atom. The third kappa shape index (κ3) is 3.31. The third-order valence-electron chi connectivity index (χ3n) is 3.47. The average molecular weight is 298 g/mol. The van der Waals surface area contributed by atoms with Gasteiger partial charge < -0.3 is 20.1 Å². The molecule has 0 aromatic heterocycles. The topological polar surface area (TPSA) is 59.6 Å². The number of carbonyl (C=O) groups excluding carboxylic acids is 1. The molecule has 114 valence electrons. The lowest BCUT2D eigenvalue weighted by Crippen LogP contribution is -2.16. The fraction of sp³-hybridized carbons (Fsp3) is 0.235. The number of anilines is 2. The number of rotatable bonds is 5. The predicted molar refractivity (Wildman–Crippen MR) is 85.5 cm³/mol. The highest BCUT2D eigenvalue weighted by atomic mass is 16.7. The maximum absolute atomic E-state index is 12.0. The van der Waals surface area contributed by atoms with Gasteiger partial charge in [-0.2, -0.15) is 0 Å². The summed E-state index contributed by atoms with van der Waals surface area (Å²) in [6.07, 6.45) is 0.392. The predicted octanol–water partition coefficient (Wildman–Crippen LogP) is 3.16. The van der Waals surface area contributed by atoms with Gasteiger partial charge in [-0.1, -0.05) is 18.2 Å². The van der Waals surface area contributed by atoms with Gasteiger partial charge in [0.2, 0.25) is 12.7 Å². The lowest BCUT2D eigenvalue weighted by atomic mass is 10.2. The molecular weight excluding hydrogens is 280 g/mol. The molecule has 5 heteroatoms. The minimum atomic E-state index is -0.0417. The lowest BCUT2D eigenvalue weighted by molar-refractivity contribution is -0.115. The van der Waals surface area contributed by atoms with E-state index >= 15 is 0 Å². The van der Waals surface area contributed by atoms with Crippen LogP contribution in [0.3, 0.4) is 0 Å². The average Bonchev–Trinajstić information content (AvgIpc) is 2.97. The van der Waals surface area contributed by atoms with Crippen LogP contribution < -0.4 is 20.1 Å². The molecule has 2 aromatic rings. The smallest absolute Gasteiger partial charge is 0.231 e. The van der Waals surface area contributed by atoms with E-state index in [1.807, 2.05) is 31.2 Å². The summed E-state index contributed by atoms with van der Waals surface area (Å²) in [6, 6.07) is 13.4. The molecule has 2 aromatic carbocycles. The van der Waals surface area contributed by atoms with Gasteiger partial charge in [-0.05, 0) is 30.7 Å². The molecule has 1 aliphatic rings. The van der Waals surface area contributed by atoms with Crippen LogP contribution in [0.15, 0.2) is 42.5 Å². The van der Waals surface area contributed by atoms with Gasteiger partial charge >= 0.3 is 0 Å². The Kier molecular flexibility index (Phi) is 4.14. The van der Waals surface area contributed by atoms with Gasteiger partial charge in [0.15, 0.2) is 11.5 Å². The van der Waals surface area contributed by atoms with Crippen molar-refractivity contribution in [1.82, 2.24) is 0 Å². The van der Waals surface area contributed by atoms with Gasteiger partial charge in [0, 0.05) is 30.4 Å². The van der Waals surface area contributed by atoms with Gasteiger partial charge in [-0.3, -0.25) is 4.79 Å². The molecule has 2 N–H and O–H groups in total. The van der Waals surface area contributed by atoms with Crippen molar-refractivity contribution in [2.45, 2.75) is 13.3 Å². The number of ether oxygens (including phenoxy) is 2. The number of carbonyl (C=O) groups is 1. The minimum absolute atomic E-state index is 0.0417. The molecule has 3 rings (SSSR count). The van der Waals surface area contributed by atoms with Crippen LogP contribution in [0.2, 0.25) is 0 Å². The number of hydrogen-bond donors (Lipinski definition) is 2. The molecule has 0 unspecified atom stereocenters. The second-order valence-corrected chi connectivity index (χ2v) is 5.11. The van der Waals surface area contributed by atoms with Crippen LogP contribution in [0.25, 0.3) is 0 Å². The first-order valence-electron chi connectivity index (χ1n) is 7.21. The number of fused-ring (bicyclic) bond motifs is 1. The van der Waals surface area contributed by atoms with Crippen molar-refractivity contribution in [2.24, 2.45) is 0 Å². The third-order valence-corrected chi connectivity index (χ3v) is 3.47. The molecule has 0 aliphatic carbocycles. The van der Waals surface area contributed by atoms with Crippen LogP contribution in [-0.2, 0) is 4.79 Å². The normalized spacial score (nSPS) is 12.0. The van der Waals surface area contributed by atoms with Crippen LogP contribution in [-0.4, -0.2) is 19.2 Å². The van der Waals surface area contributed by atoms with Gasteiger partial charge in [-0.25, -0.2) is 0 Å². The van der Waals surface area contributed by atoms with Crippen molar-refractivity contribution in [2.75, 3.05) is 24.0 Å². The zero-order chi connectivity index (χ0) is 15.4. The summed E-state index contributed by atoms with van der Waals surface area (Å²) in [6.45, 7) is 2.85. The Labute approximate surface area is 129 Å². The molecule has 22 heavy (non-hydrogen) atoms. The van der Waals surface area contributed by atoms with Gasteiger partial charge in [-0.15, -0.1) is 0 Å². The fourth-order valence-electron chi connectivity index (χ4n) is 2.28. The maximum Gasteiger partial charge on any atom is 0.231 e. The van der Waals surface area contributed by atoms with Gasteiger partial charge in [0.25, 0.3) is 0 Å². The monoisotopic (exact) mass is 298 g/mol. The summed E-state index contributed by atoms with van der Waals surface area (Å²) < 4.78 is 10.5. The van der Waals surface area contributed by atoms with Crippen molar-refractivity contribution in [1.29, 1.82) is 0 Å². The van der Waals surface area contributed by atoms with E-state index in [-0.39, 0.29) is 12.7 Å².